The molecule has 14 heavy (non-hydrogen) atoms. The lowest BCUT2D eigenvalue weighted by atomic mass is 10.2. The number of ether oxygens (including phenoxy) is 1. The summed E-state index contributed by atoms with van der Waals surface area (Å²) in [5.74, 6) is -0.244. The quantitative estimate of drug-likeness (QED) is 0.666. The maximum absolute atomic E-state index is 11.0. The Balaban J connectivity index is 0.000000500. The zero-order valence-electron chi connectivity index (χ0n) is 8.12. The van der Waals surface area contributed by atoms with E-state index in [1.807, 2.05) is 19.2 Å². The number of rotatable bonds is 1. The summed E-state index contributed by atoms with van der Waals surface area (Å²) in [5.41, 5.74) is 1.72. The van der Waals surface area contributed by atoms with Gasteiger partial charge in [0.05, 0.1) is 12.7 Å². The van der Waals surface area contributed by atoms with Crippen molar-refractivity contribution in [2.24, 2.45) is 0 Å². The standard InChI is InChI=1S/C8H10O2S.CO2/c1-5-6(2)11-4-7(5)8(9)10-3;2-1-3/h4H,1-3H3;. The highest BCUT2D eigenvalue weighted by atomic mass is 32.1. The highest BCUT2D eigenvalue weighted by Crippen LogP contribution is 2.20. The molecule has 0 bridgehead atoms. The molecular formula is C9H10O4S. The van der Waals surface area contributed by atoms with Crippen LogP contribution in [0.3, 0.4) is 0 Å². The van der Waals surface area contributed by atoms with E-state index in [-0.39, 0.29) is 12.1 Å². The summed E-state index contributed by atoms with van der Waals surface area (Å²) in [7, 11) is 1.40. The molecule has 5 heteroatoms. The predicted molar refractivity (Wildman–Crippen MR) is 50.1 cm³/mol. The number of carbonyl (C=O) groups excluding carboxylic acids is 3. The molecule has 0 atom stereocenters. The Morgan fingerprint density at radius 2 is 1.93 bits per heavy atom. The molecule has 4 nitrogen and oxygen atoms in total. The lowest BCUT2D eigenvalue weighted by Gasteiger charge is -1.96. The number of esters is 1. The van der Waals surface area contributed by atoms with Crippen LogP contribution in [0, 0.1) is 13.8 Å². The molecule has 1 aromatic rings. The topological polar surface area (TPSA) is 60.4 Å². The second-order valence-electron chi connectivity index (χ2n) is 2.41. The number of hydrogen-bond donors (Lipinski definition) is 0. The van der Waals surface area contributed by atoms with Gasteiger partial charge < -0.3 is 4.74 Å². The maximum Gasteiger partial charge on any atom is 0.373 e. The Morgan fingerprint density at radius 3 is 2.21 bits per heavy atom. The molecule has 0 aliphatic carbocycles. The molecule has 1 aromatic heterocycles. The predicted octanol–water partition coefficient (Wildman–Crippen LogP) is 1.57. The lowest BCUT2D eigenvalue weighted by molar-refractivity contribution is -0.191. The molecule has 0 aliphatic heterocycles. The summed E-state index contributed by atoms with van der Waals surface area (Å²) < 4.78 is 4.60. The van der Waals surface area contributed by atoms with Crippen LogP contribution in [-0.2, 0) is 14.3 Å². The molecule has 1 heterocycles. The van der Waals surface area contributed by atoms with Crippen LogP contribution in [0.15, 0.2) is 5.38 Å². The minimum absolute atomic E-state index is 0.244. The molecule has 0 aromatic carbocycles. The van der Waals surface area contributed by atoms with E-state index in [1.165, 1.54) is 12.0 Å². The molecule has 0 amide bonds. The van der Waals surface area contributed by atoms with Gasteiger partial charge in [0.25, 0.3) is 0 Å². The number of thiophene rings is 1. The van der Waals surface area contributed by atoms with Crippen LogP contribution >= 0.6 is 11.3 Å². The van der Waals surface area contributed by atoms with Gasteiger partial charge in [-0.2, -0.15) is 9.59 Å². The highest BCUT2D eigenvalue weighted by molar-refractivity contribution is 7.10. The van der Waals surface area contributed by atoms with E-state index in [2.05, 4.69) is 4.74 Å². The number of methoxy groups -OCH3 is 1. The zero-order valence-corrected chi connectivity index (χ0v) is 8.94. The smallest absolute Gasteiger partial charge is 0.373 e. The van der Waals surface area contributed by atoms with Gasteiger partial charge in [-0.1, -0.05) is 0 Å². The Hall–Kier alpha value is -1.45. The first-order valence-electron chi connectivity index (χ1n) is 3.70. The average molecular weight is 214 g/mol. The van der Waals surface area contributed by atoms with Crippen LogP contribution in [-0.4, -0.2) is 19.2 Å². The average Bonchev–Trinajstić information content (AvgIpc) is 2.48. The summed E-state index contributed by atoms with van der Waals surface area (Å²) in [6.45, 7) is 3.92. The summed E-state index contributed by atoms with van der Waals surface area (Å²) in [6, 6.07) is 0. The van der Waals surface area contributed by atoms with Crippen LogP contribution in [0.2, 0.25) is 0 Å². The van der Waals surface area contributed by atoms with Gasteiger partial charge in [-0.3, -0.25) is 0 Å². The molecule has 0 fully saturated rings. The van der Waals surface area contributed by atoms with Crippen LogP contribution in [0.25, 0.3) is 0 Å². The largest absolute Gasteiger partial charge is 0.465 e. The van der Waals surface area contributed by atoms with Gasteiger partial charge >= 0.3 is 12.1 Å². The van der Waals surface area contributed by atoms with Gasteiger partial charge in [0.15, 0.2) is 0 Å². The zero-order chi connectivity index (χ0) is 11.1. The number of hydrogen-bond acceptors (Lipinski definition) is 5. The molecular weight excluding hydrogens is 204 g/mol. The maximum atomic E-state index is 11.0. The van der Waals surface area contributed by atoms with E-state index in [9.17, 15) is 4.79 Å². The van der Waals surface area contributed by atoms with Crippen molar-refractivity contribution in [1.29, 1.82) is 0 Å². The van der Waals surface area contributed by atoms with Crippen molar-refractivity contribution in [1.82, 2.24) is 0 Å². The Morgan fingerprint density at radius 1 is 1.43 bits per heavy atom. The molecule has 0 saturated carbocycles. The van der Waals surface area contributed by atoms with Gasteiger partial charge in [-0.25, -0.2) is 4.79 Å². The molecule has 0 unspecified atom stereocenters. The number of carbonyl (C=O) groups is 1. The minimum Gasteiger partial charge on any atom is -0.465 e. The van der Waals surface area contributed by atoms with E-state index in [0.29, 0.717) is 5.56 Å². The third-order valence-corrected chi connectivity index (χ3v) is 2.70. The van der Waals surface area contributed by atoms with Crippen LogP contribution in [0.1, 0.15) is 20.8 Å². The van der Waals surface area contributed by atoms with Crippen molar-refractivity contribution >= 4 is 23.5 Å². The minimum atomic E-state index is -0.244. The number of aryl methyl sites for hydroxylation is 1. The normalized spacial score (nSPS) is 8.21. The lowest BCUT2D eigenvalue weighted by Crippen LogP contribution is -2.00. The third kappa shape index (κ3) is 3.12. The molecule has 1 rings (SSSR count). The van der Waals surface area contributed by atoms with Crippen LogP contribution in [0.4, 0.5) is 0 Å². The van der Waals surface area contributed by atoms with Crippen molar-refractivity contribution in [2.45, 2.75) is 13.8 Å². The summed E-state index contributed by atoms with van der Waals surface area (Å²) in [5, 5.41) is 1.83. The van der Waals surface area contributed by atoms with E-state index >= 15 is 0 Å². The van der Waals surface area contributed by atoms with E-state index in [1.54, 1.807) is 11.3 Å². The summed E-state index contributed by atoms with van der Waals surface area (Å²) in [4.78, 5) is 28.5. The summed E-state index contributed by atoms with van der Waals surface area (Å²) >= 11 is 1.57. The molecule has 0 spiro atoms. The fourth-order valence-electron chi connectivity index (χ4n) is 0.825. The van der Waals surface area contributed by atoms with Gasteiger partial charge in [-0.05, 0) is 19.4 Å². The van der Waals surface area contributed by atoms with Gasteiger partial charge in [0.1, 0.15) is 0 Å². The first kappa shape index (κ1) is 12.6. The Labute approximate surface area is 85.5 Å². The molecule has 76 valence electrons. The Bertz CT molecular complexity index is 348. The second kappa shape index (κ2) is 6.07. The fourth-order valence-corrected chi connectivity index (χ4v) is 1.68. The SMILES string of the molecule is COC(=O)c1csc(C)c1C.O=C=O. The highest BCUT2D eigenvalue weighted by Gasteiger charge is 2.11. The van der Waals surface area contributed by atoms with Gasteiger partial charge in [0, 0.05) is 10.3 Å². The molecule has 0 radical (unpaired) electrons. The van der Waals surface area contributed by atoms with Crippen molar-refractivity contribution in [2.75, 3.05) is 7.11 Å². The Kier molecular flexibility index (Phi) is 5.44. The van der Waals surface area contributed by atoms with Crippen molar-refractivity contribution < 1.29 is 19.1 Å². The first-order valence-corrected chi connectivity index (χ1v) is 4.58. The molecule has 0 N–H and O–H groups in total. The molecule has 0 saturated heterocycles. The second-order valence-corrected chi connectivity index (χ2v) is 3.49. The van der Waals surface area contributed by atoms with Crippen molar-refractivity contribution in [3.8, 4) is 0 Å². The van der Waals surface area contributed by atoms with E-state index < -0.39 is 0 Å². The van der Waals surface area contributed by atoms with E-state index in [4.69, 9.17) is 9.59 Å². The molecule has 0 aliphatic rings. The first-order chi connectivity index (χ1) is 6.58. The van der Waals surface area contributed by atoms with Crippen LogP contribution < -0.4 is 0 Å². The van der Waals surface area contributed by atoms with Gasteiger partial charge in [0.2, 0.25) is 0 Å². The van der Waals surface area contributed by atoms with Crippen molar-refractivity contribution in [3.63, 3.8) is 0 Å². The van der Waals surface area contributed by atoms with Crippen molar-refractivity contribution in [3.05, 3.63) is 21.4 Å². The fraction of sp³-hybridized carbons (Fsp3) is 0.333. The third-order valence-electron chi connectivity index (χ3n) is 1.69. The van der Waals surface area contributed by atoms with Crippen LogP contribution in [0.5, 0.6) is 0 Å². The van der Waals surface area contributed by atoms with Gasteiger partial charge in [-0.15, -0.1) is 11.3 Å². The monoisotopic (exact) mass is 214 g/mol. The summed E-state index contributed by atoms with van der Waals surface area (Å²) in [6.07, 6.45) is 0.250. The van der Waals surface area contributed by atoms with E-state index in [0.717, 1.165) is 5.56 Å².